The highest BCUT2D eigenvalue weighted by atomic mass is 35.5. The van der Waals surface area contributed by atoms with Crippen molar-refractivity contribution in [2.24, 2.45) is 29.6 Å². The number of thiazole rings is 1. The molecule has 48 heavy (non-hydrogen) atoms. The average Bonchev–Trinajstić information content (AvgIpc) is 3.79. The second-order valence-electron chi connectivity index (χ2n) is 12.4. The number of H-pyrrole nitrogens is 1. The summed E-state index contributed by atoms with van der Waals surface area (Å²) in [5.41, 5.74) is -0.0774. The molecule has 3 amide bonds. The number of benzene rings is 3. The summed E-state index contributed by atoms with van der Waals surface area (Å²) in [6.07, 6.45) is -4.16. The lowest BCUT2D eigenvalue weighted by molar-refractivity contribution is -0.137. The first-order valence-corrected chi connectivity index (χ1v) is 17.3. The lowest BCUT2D eigenvalue weighted by Crippen LogP contribution is -2.42. The molecule has 2 aliphatic carbocycles. The number of nitrogens with zero attached hydrogens (tertiary/aromatic N) is 1. The van der Waals surface area contributed by atoms with Crippen LogP contribution in [-0.2, 0) is 20.6 Å². The fourth-order valence-corrected chi connectivity index (χ4v) is 11.2. The Morgan fingerprint density at radius 1 is 0.979 bits per heavy atom. The van der Waals surface area contributed by atoms with Gasteiger partial charge in [0, 0.05) is 26.8 Å². The third kappa shape index (κ3) is 5.05. The van der Waals surface area contributed by atoms with Gasteiger partial charge in [-0.1, -0.05) is 47.2 Å². The molecule has 4 aromatic rings. The first-order chi connectivity index (χ1) is 23.0. The molecule has 7 atom stereocenters. The molecule has 3 fully saturated rings. The van der Waals surface area contributed by atoms with Gasteiger partial charge in [0.1, 0.15) is 5.75 Å². The largest absolute Gasteiger partial charge is 0.484 e. The number of carbonyl (C=O) groups excluding carboxylic acids is 3. The maximum absolute atomic E-state index is 14.0. The molecule has 2 aliphatic heterocycles. The van der Waals surface area contributed by atoms with E-state index in [-0.39, 0.29) is 46.3 Å². The molecule has 246 valence electrons. The number of anilines is 2. The number of para-hydroxylation sites is 1. The summed E-state index contributed by atoms with van der Waals surface area (Å²) in [5.74, 6) is -3.69. The Morgan fingerprint density at radius 3 is 2.46 bits per heavy atom. The molecule has 8 rings (SSSR count). The fourth-order valence-electron chi connectivity index (χ4n) is 8.21. The molecule has 0 radical (unpaired) electrons. The molecule has 1 aromatic heterocycles. The second kappa shape index (κ2) is 11.5. The number of hydrogen-bond donors (Lipinski definition) is 2. The maximum atomic E-state index is 14.0. The summed E-state index contributed by atoms with van der Waals surface area (Å²) in [4.78, 5) is 57.4. The van der Waals surface area contributed by atoms with Crippen LogP contribution in [0.15, 0.2) is 82.6 Å². The smallest absolute Gasteiger partial charge is 0.418 e. The molecule has 3 heterocycles. The van der Waals surface area contributed by atoms with Gasteiger partial charge in [-0.3, -0.25) is 19.2 Å². The van der Waals surface area contributed by atoms with Crippen molar-refractivity contribution in [2.45, 2.75) is 28.8 Å². The Labute approximate surface area is 284 Å². The summed E-state index contributed by atoms with van der Waals surface area (Å²) in [6, 6.07) is 18.6. The zero-order valence-electron chi connectivity index (χ0n) is 24.7. The molecule has 1 saturated heterocycles. The third-order valence-electron chi connectivity index (χ3n) is 9.89. The van der Waals surface area contributed by atoms with Crippen molar-refractivity contribution in [3.05, 3.63) is 103 Å². The van der Waals surface area contributed by atoms with Gasteiger partial charge in [0.05, 0.1) is 28.1 Å². The highest BCUT2D eigenvalue weighted by Gasteiger charge is 2.70. The van der Waals surface area contributed by atoms with Crippen LogP contribution >= 0.6 is 34.7 Å². The lowest BCUT2D eigenvalue weighted by atomic mass is 9.68. The first kappa shape index (κ1) is 31.2. The minimum Gasteiger partial charge on any atom is -0.484 e. The highest BCUT2D eigenvalue weighted by molar-refractivity contribution is 8.00. The van der Waals surface area contributed by atoms with Crippen LogP contribution in [0.2, 0.25) is 5.02 Å². The average molecular weight is 712 g/mol. The van der Waals surface area contributed by atoms with Crippen LogP contribution < -0.4 is 19.8 Å². The molecule has 2 bridgehead atoms. The number of fused-ring (bicyclic) bond motifs is 9. The van der Waals surface area contributed by atoms with Gasteiger partial charge >= 0.3 is 11.0 Å². The standard InChI is InChI=1S/C34H25ClF3N3O5S2/c35-16-8-10-17(11-9-16)39-23(42)14-46-18-5-3-4-15(12-18)24-25-19-13-20(28(25)47-30-29(24)48-33(45)40-30)27-26(19)31(43)41(32(27)44)22-7-2-1-6-21(22)34(36,37)38/h1-12,19-20,24-28H,13-14H2,(H,39,42)(H,40,45)/t19-,20-,24-,25?,26?,27?,28?/m1/s1. The Hall–Kier alpha value is -4.07. The van der Waals surface area contributed by atoms with Crippen LogP contribution in [0.1, 0.15) is 28.3 Å². The number of aromatic amines is 1. The van der Waals surface area contributed by atoms with Crippen molar-refractivity contribution in [1.82, 2.24) is 4.98 Å². The van der Waals surface area contributed by atoms with Crippen LogP contribution in [0.25, 0.3) is 0 Å². The zero-order chi connectivity index (χ0) is 33.5. The minimum absolute atomic E-state index is 0.150. The molecular formula is C34H25ClF3N3O5S2. The second-order valence-corrected chi connectivity index (χ2v) is 15.0. The Kier molecular flexibility index (Phi) is 7.49. The van der Waals surface area contributed by atoms with Crippen molar-refractivity contribution in [2.75, 3.05) is 16.8 Å². The number of carbonyl (C=O) groups is 3. The summed E-state index contributed by atoms with van der Waals surface area (Å²) >= 11 is 8.50. The number of hydrogen-bond acceptors (Lipinski definition) is 7. The molecule has 3 aromatic carbocycles. The first-order valence-electron chi connectivity index (χ1n) is 15.2. The van der Waals surface area contributed by atoms with E-state index in [9.17, 15) is 32.3 Å². The summed E-state index contributed by atoms with van der Waals surface area (Å²) in [6.45, 7) is -0.262. The molecule has 4 aliphatic rings. The predicted octanol–water partition coefficient (Wildman–Crippen LogP) is 6.80. The van der Waals surface area contributed by atoms with Gasteiger partial charge in [-0.2, -0.15) is 13.2 Å². The number of nitrogens with one attached hydrogen (secondary N) is 2. The van der Waals surface area contributed by atoms with E-state index in [2.05, 4.69) is 10.3 Å². The van der Waals surface area contributed by atoms with Crippen LogP contribution in [0.3, 0.4) is 0 Å². The monoisotopic (exact) mass is 711 g/mol. The summed E-state index contributed by atoms with van der Waals surface area (Å²) < 4.78 is 47.8. The van der Waals surface area contributed by atoms with Gasteiger partial charge in [-0.05, 0) is 78.3 Å². The van der Waals surface area contributed by atoms with E-state index in [1.54, 1.807) is 36.4 Å². The lowest BCUT2D eigenvalue weighted by Gasteiger charge is -2.43. The van der Waals surface area contributed by atoms with Crippen LogP contribution in [0, 0.1) is 29.6 Å². The SMILES string of the molecule is O=C(COc1cccc([C@H]2c3sc(=O)[nH]c3SC3C2[C@H]2C[C@@H]3C3C(=O)N(c4ccccc4C(F)(F)F)C(=O)C32)c1)Nc1ccc(Cl)cc1. The topological polar surface area (TPSA) is 109 Å². The fraction of sp³-hybridized carbons (Fsp3) is 0.294. The van der Waals surface area contributed by atoms with E-state index in [0.29, 0.717) is 27.9 Å². The number of rotatable bonds is 6. The van der Waals surface area contributed by atoms with Gasteiger partial charge in [0.25, 0.3) is 5.91 Å². The van der Waals surface area contributed by atoms with Gasteiger partial charge < -0.3 is 15.0 Å². The van der Waals surface area contributed by atoms with Crippen LogP contribution in [0.5, 0.6) is 5.75 Å². The molecular weight excluding hydrogens is 687 g/mol. The molecule has 0 spiro atoms. The normalized spacial score (nSPS) is 27.1. The predicted molar refractivity (Wildman–Crippen MR) is 174 cm³/mol. The zero-order valence-corrected chi connectivity index (χ0v) is 27.1. The Balaban J connectivity index is 1.10. The molecule has 4 unspecified atom stereocenters. The summed E-state index contributed by atoms with van der Waals surface area (Å²) in [7, 11) is 0. The Morgan fingerprint density at radius 2 is 1.71 bits per heavy atom. The van der Waals surface area contributed by atoms with E-state index in [1.165, 1.54) is 30.0 Å². The molecule has 8 nitrogen and oxygen atoms in total. The van der Waals surface area contributed by atoms with E-state index in [0.717, 1.165) is 32.7 Å². The van der Waals surface area contributed by atoms with Gasteiger partial charge in [0.15, 0.2) is 6.61 Å². The maximum Gasteiger partial charge on any atom is 0.418 e. The van der Waals surface area contributed by atoms with Crippen molar-refractivity contribution in [1.29, 1.82) is 0 Å². The molecule has 2 saturated carbocycles. The number of ether oxygens (including phenoxy) is 1. The highest BCUT2D eigenvalue weighted by Crippen LogP contribution is 2.69. The number of alkyl halides is 3. The van der Waals surface area contributed by atoms with Crippen molar-refractivity contribution < 1.29 is 32.3 Å². The van der Waals surface area contributed by atoms with Crippen LogP contribution in [0.4, 0.5) is 24.5 Å². The minimum atomic E-state index is -4.74. The van der Waals surface area contributed by atoms with Crippen molar-refractivity contribution >= 4 is 63.8 Å². The van der Waals surface area contributed by atoms with E-state index in [4.69, 9.17) is 16.3 Å². The number of halogens is 4. The van der Waals surface area contributed by atoms with Gasteiger partial charge in [0.2, 0.25) is 11.8 Å². The van der Waals surface area contributed by atoms with E-state index < -0.39 is 41.1 Å². The van der Waals surface area contributed by atoms with Crippen molar-refractivity contribution in [3.63, 3.8) is 0 Å². The van der Waals surface area contributed by atoms with Crippen LogP contribution in [-0.4, -0.2) is 34.6 Å². The third-order valence-corrected chi connectivity index (χ3v) is 12.7. The number of aromatic nitrogens is 1. The van der Waals surface area contributed by atoms with E-state index >= 15 is 0 Å². The number of thioether (sulfide) groups is 1. The summed E-state index contributed by atoms with van der Waals surface area (Å²) in [5, 5.41) is 3.84. The van der Waals surface area contributed by atoms with Crippen molar-refractivity contribution in [3.8, 4) is 5.75 Å². The Bertz CT molecular complexity index is 2030. The van der Waals surface area contributed by atoms with Gasteiger partial charge in [-0.15, -0.1) is 11.8 Å². The molecule has 2 N–H and O–H groups in total. The quantitative estimate of drug-likeness (QED) is 0.213. The van der Waals surface area contributed by atoms with E-state index in [1.807, 2.05) is 12.1 Å². The molecule has 14 heteroatoms. The van der Waals surface area contributed by atoms with Gasteiger partial charge in [-0.25, -0.2) is 4.90 Å². The number of imide groups is 1. The number of amides is 3.